The Morgan fingerprint density at radius 2 is 1.97 bits per heavy atom. The van der Waals surface area contributed by atoms with E-state index in [9.17, 15) is 5.11 Å². The lowest BCUT2D eigenvalue weighted by Gasteiger charge is -2.18. The van der Waals surface area contributed by atoms with Gasteiger partial charge in [0, 0.05) is 6.61 Å². The van der Waals surface area contributed by atoms with E-state index in [4.69, 9.17) is 35.7 Å². The van der Waals surface area contributed by atoms with Crippen molar-refractivity contribution < 1.29 is 29.2 Å². The van der Waals surface area contributed by atoms with E-state index in [1.807, 2.05) is 0 Å². The highest BCUT2D eigenvalue weighted by atomic mass is 35.5. The number of anilines is 1. The molecule has 3 rings (SSSR count). The summed E-state index contributed by atoms with van der Waals surface area (Å²) in [6.45, 7) is 5.11. The second kappa shape index (κ2) is 11.8. The van der Waals surface area contributed by atoms with Crippen molar-refractivity contribution >= 4 is 29.8 Å². The number of fused-ring (bicyclic) bond motifs is 1. The number of hydrogen-bond acceptors (Lipinski definition) is 9. The van der Waals surface area contributed by atoms with E-state index in [0.717, 1.165) is 32.1 Å². The van der Waals surface area contributed by atoms with Crippen molar-refractivity contribution in [3.8, 4) is 5.88 Å². The smallest absolute Gasteiger partial charge is 0.234 e. The molecule has 0 bridgehead atoms. The Morgan fingerprint density at radius 3 is 2.77 bits per heavy atom. The summed E-state index contributed by atoms with van der Waals surface area (Å²) in [4.78, 5) is 8.27. The Morgan fingerprint density at radius 1 is 1.20 bits per heavy atom. The first-order chi connectivity index (χ1) is 14.6. The summed E-state index contributed by atoms with van der Waals surface area (Å²) in [6, 6.07) is 1.68. The molecule has 0 unspecified atom stereocenters. The molecule has 0 spiro atoms. The first-order valence-electron chi connectivity index (χ1n) is 10.3. The number of aromatic nitrogens is 1. The van der Waals surface area contributed by atoms with Gasteiger partial charge in [0.1, 0.15) is 36.2 Å². The number of hydrogen-bond donors (Lipinski definition) is 3. The quantitative estimate of drug-likeness (QED) is 0.242. The number of unbranched alkanes of at least 4 members (excludes halogenated alkanes) is 4. The number of ether oxygens (including phenoxy) is 4. The van der Waals surface area contributed by atoms with E-state index < -0.39 is 6.10 Å². The Labute approximate surface area is 181 Å². The van der Waals surface area contributed by atoms with Crippen molar-refractivity contribution in [1.82, 2.24) is 4.98 Å². The minimum Gasteiger partial charge on any atom is -0.477 e. The predicted octanol–water partition coefficient (Wildman–Crippen LogP) is 2.30. The lowest BCUT2D eigenvalue weighted by atomic mass is 10.1. The lowest BCUT2D eigenvalue weighted by Crippen LogP contribution is -2.33. The van der Waals surface area contributed by atoms with Crippen LogP contribution in [-0.4, -0.2) is 79.5 Å². The van der Waals surface area contributed by atoms with Crippen LogP contribution < -0.4 is 10.1 Å². The third kappa shape index (κ3) is 6.03. The van der Waals surface area contributed by atoms with E-state index in [1.54, 1.807) is 6.07 Å². The molecule has 2 aliphatic heterocycles. The molecule has 0 aliphatic carbocycles. The summed E-state index contributed by atoms with van der Waals surface area (Å²) in [5, 5.41) is 22.0. The monoisotopic (exact) mass is 443 g/mol. The molecule has 2 saturated heterocycles. The minimum absolute atomic E-state index is 0.172. The molecule has 10 heteroatoms. The maximum absolute atomic E-state index is 9.79. The van der Waals surface area contributed by atoms with Gasteiger partial charge in [-0.2, -0.15) is 4.98 Å². The van der Waals surface area contributed by atoms with Crippen LogP contribution in [0.1, 0.15) is 32.1 Å². The highest BCUT2D eigenvalue weighted by molar-refractivity contribution is 6.32. The van der Waals surface area contributed by atoms with Crippen LogP contribution in [0.25, 0.3) is 0 Å². The lowest BCUT2D eigenvalue weighted by molar-refractivity contribution is -0.0311. The van der Waals surface area contributed by atoms with Crippen LogP contribution in [0.4, 0.5) is 11.5 Å². The van der Waals surface area contributed by atoms with Gasteiger partial charge in [0.25, 0.3) is 0 Å². The number of nitrogens with one attached hydrogen (secondary N) is 1. The van der Waals surface area contributed by atoms with Crippen LogP contribution in [0.2, 0.25) is 5.02 Å². The fraction of sp³-hybridized carbons (Fsp3) is 0.700. The summed E-state index contributed by atoms with van der Waals surface area (Å²) in [5.41, 5.74) is 0.578. The normalized spacial score (nSPS) is 25.3. The molecule has 0 amide bonds. The summed E-state index contributed by atoms with van der Waals surface area (Å²) < 4.78 is 22.6. The van der Waals surface area contributed by atoms with Crippen LogP contribution in [0.15, 0.2) is 11.1 Å². The fourth-order valence-corrected chi connectivity index (χ4v) is 3.75. The maximum atomic E-state index is 9.79. The number of rotatable bonds is 13. The van der Waals surface area contributed by atoms with Crippen LogP contribution in [0, 0.1) is 0 Å². The molecule has 0 saturated carbocycles. The van der Waals surface area contributed by atoms with Gasteiger partial charge in [-0.05, 0) is 25.6 Å². The topological polar surface area (TPSA) is 115 Å². The third-order valence-corrected chi connectivity index (χ3v) is 5.43. The zero-order chi connectivity index (χ0) is 21.3. The summed E-state index contributed by atoms with van der Waals surface area (Å²) in [6.07, 6.45) is 3.36. The number of nitrogens with zero attached hydrogens (tertiary/aromatic N) is 2. The van der Waals surface area contributed by atoms with E-state index in [-0.39, 0.29) is 38.3 Å². The van der Waals surface area contributed by atoms with Gasteiger partial charge in [0.15, 0.2) is 5.82 Å². The molecular weight excluding hydrogens is 414 g/mol. The van der Waals surface area contributed by atoms with Gasteiger partial charge in [0.05, 0.1) is 25.5 Å². The highest BCUT2D eigenvalue weighted by Gasteiger charge is 2.47. The molecule has 3 heterocycles. The largest absolute Gasteiger partial charge is 0.477 e. The van der Waals surface area contributed by atoms with Crippen molar-refractivity contribution in [2.24, 2.45) is 4.99 Å². The second-order valence-corrected chi connectivity index (χ2v) is 7.74. The highest BCUT2D eigenvalue weighted by Crippen LogP contribution is 2.33. The minimum atomic E-state index is -0.607. The van der Waals surface area contributed by atoms with E-state index >= 15 is 0 Å². The molecule has 30 heavy (non-hydrogen) atoms. The molecule has 0 radical (unpaired) electrons. The summed E-state index contributed by atoms with van der Waals surface area (Å²) >= 11 is 6.31. The Hall–Kier alpha value is -1.49. The average molecular weight is 444 g/mol. The molecule has 2 fully saturated rings. The number of aliphatic hydroxyl groups is 2. The molecule has 168 valence electrons. The van der Waals surface area contributed by atoms with Gasteiger partial charge in [0.2, 0.25) is 5.88 Å². The molecule has 2 aliphatic rings. The average Bonchev–Trinajstić information content (AvgIpc) is 3.32. The van der Waals surface area contributed by atoms with E-state index in [0.29, 0.717) is 35.6 Å². The van der Waals surface area contributed by atoms with Crippen molar-refractivity contribution in [2.75, 3.05) is 38.5 Å². The van der Waals surface area contributed by atoms with Crippen LogP contribution in [0.5, 0.6) is 5.88 Å². The van der Waals surface area contributed by atoms with Crippen LogP contribution in [0.3, 0.4) is 0 Å². The van der Waals surface area contributed by atoms with Gasteiger partial charge in [-0.1, -0.05) is 30.9 Å². The zero-order valence-electron chi connectivity index (χ0n) is 17.0. The zero-order valence-corrected chi connectivity index (χ0v) is 17.7. The summed E-state index contributed by atoms with van der Waals surface area (Å²) in [5.74, 6) is 0.690. The van der Waals surface area contributed by atoms with Crippen molar-refractivity contribution in [3.63, 3.8) is 0 Å². The van der Waals surface area contributed by atoms with E-state index in [2.05, 4.69) is 22.0 Å². The van der Waals surface area contributed by atoms with Crippen molar-refractivity contribution in [2.45, 2.75) is 56.5 Å². The van der Waals surface area contributed by atoms with Crippen LogP contribution in [-0.2, 0) is 14.2 Å². The van der Waals surface area contributed by atoms with Crippen LogP contribution >= 0.6 is 11.6 Å². The molecule has 3 N–H and O–H groups in total. The summed E-state index contributed by atoms with van der Waals surface area (Å²) in [7, 11) is 0. The Bertz CT molecular complexity index is 695. The number of pyridine rings is 1. The second-order valence-electron chi connectivity index (χ2n) is 7.33. The molecule has 1 aromatic heterocycles. The van der Waals surface area contributed by atoms with Gasteiger partial charge < -0.3 is 34.5 Å². The van der Waals surface area contributed by atoms with E-state index in [1.165, 1.54) is 0 Å². The Balaban J connectivity index is 1.45. The van der Waals surface area contributed by atoms with Crippen molar-refractivity contribution in [3.05, 3.63) is 11.1 Å². The number of aliphatic imine (C=N–C) groups is 1. The molecule has 9 nitrogen and oxygen atoms in total. The Kier molecular flexibility index (Phi) is 9.10. The van der Waals surface area contributed by atoms with Gasteiger partial charge >= 0.3 is 0 Å². The first-order valence-corrected chi connectivity index (χ1v) is 10.7. The molecular formula is C20H30ClN3O6. The van der Waals surface area contributed by atoms with Crippen molar-refractivity contribution in [1.29, 1.82) is 0 Å². The number of halogens is 1. The first kappa shape index (κ1) is 23.2. The molecule has 0 aromatic carbocycles. The fourth-order valence-electron chi connectivity index (χ4n) is 3.54. The third-order valence-electron chi connectivity index (χ3n) is 5.16. The van der Waals surface area contributed by atoms with Gasteiger partial charge in [-0.3, -0.25) is 0 Å². The molecule has 1 aromatic rings. The number of aliphatic hydroxyl groups excluding tert-OH is 2. The maximum Gasteiger partial charge on any atom is 0.234 e. The van der Waals surface area contributed by atoms with Gasteiger partial charge in [-0.25, -0.2) is 4.99 Å². The molecule has 4 atom stereocenters. The van der Waals surface area contributed by atoms with Gasteiger partial charge in [-0.15, -0.1) is 0 Å². The SMILES string of the molecule is C=Nc1nc(OCCCCCCCO)c(Cl)cc1NCO[C@@H]1CO[C@H]2[C@@H]1OC[C@H]2O. The standard InChI is InChI=1S/C20H30ClN3O6/c1-22-19-14(23-12-30-16-11-29-17-15(26)10-28-18(16)17)9-13(21)20(24-19)27-8-6-4-2-3-5-7-25/h9,15-18,23,25-26H,1-8,10-12H2/t15-,16-,17-,18-/m1/s1. The predicted molar refractivity (Wildman–Crippen MR) is 113 cm³/mol.